The van der Waals surface area contributed by atoms with E-state index in [2.05, 4.69) is 17.2 Å². The van der Waals surface area contributed by atoms with Gasteiger partial charge in [-0.05, 0) is 30.9 Å². The Balaban J connectivity index is 1.64. The van der Waals surface area contributed by atoms with Crippen molar-refractivity contribution in [2.24, 2.45) is 16.6 Å². The molecular formula is C17H25N3O3. The van der Waals surface area contributed by atoms with Crippen LogP contribution in [0.25, 0.3) is 0 Å². The van der Waals surface area contributed by atoms with E-state index in [0.717, 1.165) is 37.1 Å². The molecule has 1 fully saturated rings. The van der Waals surface area contributed by atoms with Crippen LogP contribution in [-0.4, -0.2) is 36.4 Å². The third-order valence-electron chi connectivity index (χ3n) is 4.71. The van der Waals surface area contributed by atoms with Crippen LogP contribution in [0, 0.1) is 5.92 Å². The number of guanidine groups is 1. The van der Waals surface area contributed by atoms with Crippen LogP contribution in [-0.2, 0) is 0 Å². The van der Waals surface area contributed by atoms with E-state index in [1.807, 2.05) is 18.2 Å². The first kappa shape index (κ1) is 15.9. The number of anilines is 1. The molecule has 1 aliphatic heterocycles. The normalized spacial score (nSPS) is 27.6. The van der Waals surface area contributed by atoms with Crippen molar-refractivity contribution in [2.75, 3.05) is 25.1 Å². The number of benzene rings is 1. The molecule has 0 bridgehead atoms. The Kier molecular flexibility index (Phi) is 4.61. The molecule has 2 unspecified atom stereocenters. The average Bonchev–Trinajstić information content (AvgIpc) is 2.74. The van der Waals surface area contributed by atoms with Crippen molar-refractivity contribution < 1.29 is 14.6 Å². The Morgan fingerprint density at radius 1 is 1.35 bits per heavy atom. The van der Waals surface area contributed by atoms with Gasteiger partial charge in [-0.2, -0.15) is 0 Å². The molecule has 1 heterocycles. The lowest BCUT2D eigenvalue weighted by molar-refractivity contribution is 0.0187. The molecular weight excluding hydrogens is 294 g/mol. The van der Waals surface area contributed by atoms with E-state index in [1.54, 1.807) is 0 Å². The zero-order valence-corrected chi connectivity index (χ0v) is 13.5. The highest BCUT2D eigenvalue weighted by molar-refractivity contribution is 5.92. The zero-order valence-electron chi connectivity index (χ0n) is 13.5. The van der Waals surface area contributed by atoms with Crippen molar-refractivity contribution in [3.8, 4) is 11.5 Å². The van der Waals surface area contributed by atoms with E-state index >= 15 is 0 Å². The maximum atomic E-state index is 10.5. The van der Waals surface area contributed by atoms with Gasteiger partial charge in [0.25, 0.3) is 0 Å². The van der Waals surface area contributed by atoms with E-state index in [-0.39, 0.29) is 5.92 Å². The monoisotopic (exact) mass is 319 g/mol. The Morgan fingerprint density at radius 3 is 2.87 bits per heavy atom. The number of hydrogen-bond donors (Lipinski definition) is 3. The van der Waals surface area contributed by atoms with E-state index in [9.17, 15) is 5.11 Å². The van der Waals surface area contributed by atoms with Gasteiger partial charge in [-0.3, -0.25) is 4.99 Å². The lowest BCUT2D eigenvalue weighted by Gasteiger charge is -2.25. The predicted octanol–water partition coefficient (Wildman–Crippen LogP) is 2.13. The fourth-order valence-electron chi connectivity index (χ4n) is 3.11. The summed E-state index contributed by atoms with van der Waals surface area (Å²) in [5.41, 5.74) is 6.02. The minimum Gasteiger partial charge on any atom is -0.490 e. The number of ether oxygens (including phenoxy) is 2. The first-order chi connectivity index (χ1) is 11.1. The van der Waals surface area contributed by atoms with Gasteiger partial charge in [0.15, 0.2) is 17.5 Å². The predicted molar refractivity (Wildman–Crippen MR) is 90.1 cm³/mol. The van der Waals surface area contributed by atoms with Gasteiger partial charge < -0.3 is 25.6 Å². The van der Waals surface area contributed by atoms with Gasteiger partial charge in [-0.25, -0.2) is 0 Å². The largest absolute Gasteiger partial charge is 0.490 e. The van der Waals surface area contributed by atoms with Crippen molar-refractivity contribution in [1.82, 2.24) is 0 Å². The SMILES string of the molecule is CC1CCCC1(O)CN=C(N)Nc1ccc2c(c1)OCCCO2. The van der Waals surface area contributed by atoms with Gasteiger partial charge >= 0.3 is 0 Å². The second-order valence-electron chi connectivity index (χ2n) is 6.44. The summed E-state index contributed by atoms with van der Waals surface area (Å²) in [7, 11) is 0. The van der Waals surface area contributed by atoms with E-state index in [0.29, 0.717) is 31.5 Å². The van der Waals surface area contributed by atoms with Crippen molar-refractivity contribution in [3.05, 3.63) is 18.2 Å². The van der Waals surface area contributed by atoms with Gasteiger partial charge in [0, 0.05) is 18.2 Å². The highest BCUT2D eigenvalue weighted by Crippen LogP contribution is 2.35. The van der Waals surface area contributed by atoms with Gasteiger partial charge in [0.2, 0.25) is 0 Å². The molecule has 0 amide bonds. The molecule has 1 aromatic carbocycles. The van der Waals surface area contributed by atoms with Crippen LogP contribution < -0.4 is 20.5 Å². The topological polar surface area (TPSA) is 89.1 Å². The number of nitrogens with one attached hydrogen (secondary N) is 1. The molecule has 126 valence electrons. The van der Waals surface area contributed by atoms with Gasteiger partial charge in [0.05, 0.1) is 25.4 Å². The molecule has 3 rings (SSSR count). The summed E-state index contributed by atoms with van der Waals surface area (Å²) in [6.07, 6.45) is 3.75. The molecule has 23 heavy (non-hydrogen) atoms. The lowest BCUT2D eigenvalue weighted by atomic mass is 9.93. The Hall–Kier alpha value is -1.95. The quantitative estimate of drug-likeness (QED) is 0.586. The standard InChI is InChI=1S/C17H25N3O3/c1-12-4-2-7-17(12,21)11-19-16(18)20-13-5-6-14-15(10-13)23-9-3-8-22-14/h5-6,10,12,21H,2-4,7-9,11H2,1H3,(H3,18,19,20). The Labute approximate surface area is 136 Å². The number of aliphatic imine (C=N–C) groups is 1. The molecule has 6 heteroatoms. The lowest BCUT2D eigenvalue weighted by Crippen LogP contribution is -2.36. The molecule has 2 aliphatic rings. The molecule has 1 aliphatic carbocycles. The molecule has 1 aromatic rings. The first-order valence-electron chi connectivity index (χ1n) is 8.26. The van der Waals surface area contributed by atoms with Crippen LogP contribution in [0.5, 0.6) is 11.5 Å². The van der Waals surface area contributed by atoms with Crippen LogP contribution >= 0.6 is 0 Å². The van der Waals surface area contributed by atoms with Crippen LogP contribution in [0.3, 0.4) is 0 Å². The third kappa shape index (κ3) is 3.69. The summed E-state index contributed by atoms with van der Waals surface area (Å²) < 4.78 is 11.3. The highest BCUT2D eigenvalue weighted by Gasteiger charge is 2.37. The Morgan fingerprint density at radius 2 is 2.13 bits per heavy atom. The fourth-order valence-corrected chi connectivity index (χ4v) is 3.11. The number of fused-ring (bicyclic) bond motifs is 1. The van der Waals surface area contributed by atoms with Crippen LogP contribution in [0.4, 0.5) is 5.69 Å². The molecule has 0 radical (unpaired) electrons. The van der Waals surface area contributed by atoms with E-state index in [1.165, 1.54) is 0 Å². The summed E-state index contributed by atoms with van der Waals surface area (Å²) in [6, 6.07) is 5.60. The fraction of sp³-hybridized carbons (Fsp3) is 0.588. The van der Waals surface area contributed by atoms with Crippen molar-refractivity contribution in [2.45, 2.75) is 38.2 Å². The van der Waals surface area contributed by atoms with Gasteiger partial charge in [-0.1, -0.05) is 13.3 Å². The Bertz CT molecular complexity index is 590. The average molecular weight is 319 g/mol. The number of hydrogen-bond acceptors (Lipinski definition) is 4. The van der Waals surface area contributed by atoms with Gasteiger partial charge in [-0.15, -0.1) is 0 Å². The van der Waals surface area contributed by atoms with Crippen LogP contribution in [0.2, 0.25) is 0 Å². The molecule has 2 atom stereocenters. The summed E-state index contributed by atoms with van der Waals surface area (Å²) in [5, 5.41) is 13.6. The summed E-state index contributed by atoms with van der Waals surface area (Å²) in [4.78, 5) is 4.32. The second-order valence-corrected chi connectivity index (χ2v) is 6.44. The van der Waals surface area contributed by atoms with Crippen molar-refractivity contribution in [3.63, 3.8) is 0 Å². The van der Waals surface area contributed by atoms with E-state index in [4.69, 9.17) is 15.2 Å². The summed E-state index contributed by atoms with van der Waals surface area (Å²) in [5.74, 6) is 2.02. The first-order valence-corrected chi connectivity index (χ1v) is 8.26. The van der Waals surface area contributed by atoms with Gasteiger partial charge in [0.1, 0.15) is 0 Å². The molecule has 0 aromatic heterocycles. The zero-order chi connectivity index (χ0) is 16.3. The number of rotatable bonds is 3. The maximum absolute atomic E-state index is 10.5. The number of nitrogens with zero attached hydrogens (tertiary/aromatic N) is 1. The summed E-state index contributed by atoms with van der Waals surface area (Å²) >= 11 is 0. The molecule has 0 saturated heterocycles. The number of aliphatic hydroxyl groups is 1. The van der Waals surface area contributed by atoms with Crippen molar-refractivity contribution >= 4 is 11.6 Å². The molecule has 4 N–H and O–H groups in total. The van der Waals surface area contributed by atoms with Crippen molar-refractivity contribution in [1.29, 1.82) is 0 Å². The van der Waals surface area contributed by atoms with E-state index < -0.39 is 5.60 Å². The smallest absolute Gasteiger partial charge is 0.193 e. The second kappa shape index (κ2) is 6.66. The minimum atomic E-state index is -0.725. The third-order valence-corrected chi connectivity index (χ3v) is 4.71. The molecule has 6 nitrogen and oxygen atoms in total. The van der Waals surface area contributed by atoms with Crippen LogP contribution in [0.1, 0.15) is 32.6 Å². The number of nitrogens with two attached hydrogens (primary N) is 1. The maximum Gasteiger partial charge on any atom is 0.193 e. The summed E-state index contributed by atoms with van der Waals surface area (Å²) in [6.45, 7) is 3.71. The minimum absolute atomic E-state index is 0.261. The highest BCUT2D eigenvalue weighted by atomic mass is 16.5. The molecule has 1 saturated carbocycles. The molecule has 0 spiro atoms. The van der Waals surface area contributed by atoms with Crippen LogP contribution in [0.15, 0.2) is 23.2 Å².